The molecule has 3 fully saturated rings. The lowest BCUT2D eigenvalue weighted by molar-refractivity contribution is -0.182. The normalized spacial score (nSPS) is 32.8. The number of phenolic OH excluding ortho intramolecular Hbond substituents is 4. The molecule has 47 heavy (non-hydrogen) atoms. The van der Waals surface area contributed by atoms with Crippen LogP contribution in [0, 0.1) is 28.6 Å². The summed E-state index contributed by atoms with van der Waals surface area (Å²) in [5, 5.41) is 69.6. The fourth-order valence-corrected chi connectivity index (χ4v) is 9.35. The number of hydrogen-bond donors (Lipinski definition) is 7. The van der Waals surface area contributed by atoms with Crippen molar-refractivity contribution in [2.75, 3.05) is 6.61 Å². The summed E-state index contributed by atoms with van der Waals surface area (Å²) in [6.07, 6.45) is 5.74. The van der Waals surface area contributed by atoms with Gasteiger partial charge in [0.1, 0.15) is 40.4 Å². The first-order valence-corrected chi connectivity index (χ1v) is 15.9. The third-order valence-electron chi connectivity index (χ3n) is 11.7. The second-order valence-corrected chi connectivity index (χ2v) is 14.1. The lowest BCUT2D eigenvalue weighted by Crippen LogP contribution is -2.62. The summed E-state index contributed by atoms with van der Waals surface area (Å²) in [4.78, 5) is 36.3. The zero-order chi connectivity index (χ0) is 34.1. The number of phenols is 4. The fraction of sp³-hybridized carbons (Fsp3) is 0.472. The Bertz CT molecular complexity index is 1860. The number of benzene rings is 2. The van der Waals surface area contributed by atoms with Crippen LogP contribution in [-0.4, -0.2) is 65.6 Å². The van der Waals surface area contributed by atoms with Gasteiger partial charge in [0.05, 0.1) is 6.10 Å². The Kier molecular flexibility index (Phi) is 8.01. The maximum Gasteiger partial charge on any atom is 0.197 e. The van der Waals surface area contributed by atoms with Crippen LogP contribution in [0.2, 0.25) is 0 Å². The van der Waals surface area contributed by atoms with Crippen molar-refractivity contribution in [1.82, 2.24) is 0 Å². The lowest BCUT2D eigenvalue weighted by Gasteiger charge is -2.60. The Morgan fingerprint density at radius 1 is 0.936 bits per heavy atom. The summed E-state index contributed by atoms with van der Waals surface area (Å²) in [6.45, 7) is 3.46. The number of aliphatic hydroxyl groups excluding tert-OH is 2. The number of fused-ring (bicyclic) bond motifs is 6. The van der Waals surface area contributed by atoms with Crippen molar-refractivity contribution in [2.45, 2.75) is 70.5 Å². The number of aromatic hydroxyl groups is 4. The van der Waals surface area contributed by atoms with Gasteiger partial charge in [-0.2, -0.15) is 0 Å². The molecule has 0 amide bonds. The molecule has 11 nitrogen and oxygen atoms in total. The van der Waals surface area contributed by atoms with Crippen LogP contribution in [0.3, 0.4) is 0 Å². The fourth-order valence-electron chi connectivity index (χ4n) is 9.35. The standard InChI is InChI=1S/C21H30O5.C15H10O6/c1-19-7-5-13(23)9-12(19)3-4-14-15-6-8-21(26,17(25)11-22)20(15,2)10-16(24)18(14)19;16-8-4-11(19)15-12(20)6-13(21-14(15)5-8)7-1-2-9(17)10(18)3-7/h9,14-16,18,22,24,26H,3-8,10-11H2,1-2H3;1-6,16-19H/t14-,15-,16-,18+,19-,20-,21-;/m0./s1. The molecule has 0 spiro atoms. The molecule has 7 N–H and O–H groups in total. The predicted molar refractivity (Wildman–Crippen MR) is 170 cm³/mol. The predicted octanol–water partition coefficient (Wildman–Crippen LogP) is 4.06. The van der Waals surface area contributed by atoms with Crippen LogP contribution in [0.25, 0.3) is 22.3 Å². The van der Waals surface area contributed by atoms with Crippen LogP contribution >= 0.6 is 0 Å². The molecular weight excluding hydrogens is 608 g/mol. The molecular formula is C36H40O11. The zero-order valence-electron chi connectivity index (χ0n) is 26.3. The minimum Gasteiger partial charge on any atom is -0.508 e. The molecule has 2 aromatic carbocycles. The number of ketones is 2. The van der Waals surface area contributed by atoms with E-state index in [0.29, 0.717) is 24.8 Å². The molecule has 1 aromatic heterocycles. The largest absolute Gasteiger partial charge is 0.508 e. The van der Waals surface area contributed by atoms with Crippen LogP contribution in [0.5, 0.6) is 23.0 Å². The van der Waals surface area contributed by atoms with Crippen molar-refractivity contribution in [1.29, 1.82) is 0 Å². The number of carbonyl (C=O) groups excluding carboxylic acids is 2. The number of aliphatic hydroxyl groups is 3. The van der Waals surface area contributed by atoms with E-state index in [4.69, 9.17) is 4.42 Å². The average molecular weight is 649 g/mol. The molecule has 0 unspecified atom stereocenters. The molecule has 4 aliphatic carbocycles. The van der Waals surface area contributed by atoms with Crippen molar-refractivity contribution in [3.05, 3.63) is 58.3 Å². The molecule has 250 valence electrons. The van der Waals surface area contributed by atoms with E-state index >= 15 is 0 Å². The van der Waals surface area contributed by atoms with Gasteiger partial charge in [-0.05, 0) is 86.0 Å². The van der Waals surface area contributed by atoms with Crippen LogP contribution in [-0.2, 0) is 9.59 Å². The molecule has 1 heterocycles. The van der Waals surface area contributed by atoms with Crippen LogP contribution in [0.15, 0.2) is 57.3 Å². The van der Waals surface area contributed by atoms with Gasteiger partial charge in [-0.15, -0.1) is 0 Å². The number of allylic oxidation sites excluding steroid dienone is 1. The summed E-state index contributed by atoms with van der Waals surface area (Å²) in [7, 11) is 0. The Morgan fingerprint density at radius 2 is 1.68 bits per heavy atom. The number of rotatable bonds is 3. The van der Waals surface area contributed by atoms with E-state index in [2.05, 4.69) is 6.92 Å². The smallest absolute Gasteiger partial charge is 0.197 e. The van der Waals surface area contributed by atoms with Gasteiger partial charge in [-0.3, -0.25) is 14.4 Å². The van der Waals surface area contributed by atoms with Gasteiger partial charge in [0.2, 0.25) is 0 Å². The molecule has 7 atom stereocenters. The van der Waals surface area contributed by atoms with Crippen molar-refractivity contribution in [2.24, 2.45) is 28.6 Å². The van der Waals surface area contributed by atoms with E-state index in [1.807, 2.05) is 6.92 Å². The number of Topliss-reactive ketones (excluding diaryl/α,β-unsaturated/α-hetero) is 1. The topological polar surface area (TPSA) is 206 Å². The first-order chi connectivity index (χ1) is 22.1. The van der Waals surface area contributed by atoms with E-state index in [0.717, 1.165) is 37.8 Å². The molecule has 11 heteroatoms. The SMILES string of the molecule is C[C@]12CCC(=O)C=C1CC[C@@H]1[C@@H]2[C@@H](O)C[C@@]2(C)[C@H]1CC[C@]2(O)C(=O)CO.O=c1cc(-c2ccc(O)c(O)c2)oc2cc(O)cc(O)c12. The van der Waals surface area contributed by atoms with E-state index in [1.54, 1.807) is 6.08 Å². The molecule has 0 saturated heterocycles. The van der Waals surface area contributed by atoms with Crippen LogP contribution in [0.4, 0.5) is 0 Å². The summed E-state index contributed by atoms with van der Waals surface area (Å²) < 4.78 is 5.47. The Morgan fingerprint density at radius 3 is 2.38 bits per heavy atom. The third kappa shape index (κ3) is 5.12. The van der Waals surface area contributed by atoms with Crippen molar-refractivity contribution in [3.63, 3.8) is 0 Å². The second kappa shape index (κ2) is 11.5. The van der Waals surface area contributed by atoms with Gasteiger partial charge in [0.25, 0.3) is 0 Å². The molecule has 7 rings (SSSR count). The summed E-state index contributed by atoms with van der Waals surface area (Å²) in [5.74, 6) is -0.993. The minimum atomic E-state index is -1.54. The Balaban J connectivity index is 0.000000168. The van der Waals surface area contributed by atoms with Gasteiger partial charge < -0.3 is 40.2 Å². The summed E-state index contributed by atoms with van der Waals surface area (Å²) >= 11 is 0. The van der Waals surface area contributed by atoms with Gasteiger partial charge in [-0.25, -0.2) is 0 Å². The molecule has 0 radical (unpaired) electrons. The molecule has 3 aromatic rings. The Hall–Kier alpha value is -4.19. The highest BCUT2D eigenvalue weighted by molar-refractivity contribution is 5.92. The highest BCUT2D eigenvalue weighted by Crippen LogP contribution is 2.67. The van der Waals surface area contributed by atoms with E-state index in [9.17, 15) is 50.1 Å². The van der Waals surface area contributed by atoms with Gasteiger partial charge in [-0.1, -0.05) is 19.4 Å². The Labute approximate surface area is 270 Å². The van der Waals surface area contributed by atoms with E-state index in [1.165, 1.54) is 29.8 Å². The molecule has 0 bridgehead atoms. The summed E-state index contributed by atoms with van der Waals surface area (Å²) in [5.41, 5.74) is -1.34. The van der Waals surface area contributed by atoms with E-state index < -0.39 is 34.9 Å². The highest BCUT2D eigenvalue weighted by atomic mass is 16.3. The first kappa shape index (κ1) is 32.7. The average Bonchev–Trinajstić information content (AvgIpc) is 3.28. The first-order valence-electron chi connectivity index (χ1n) is 15.9. The number of carbonyl (C=O) groups is 2. The van der Waals surface area contributed by atoms with Gasteiger partial charge in [0, 0.05) is 35.6 Å². The van der Waals surface area contributed by atoms with Gasteiger partial charge >= 0.3 is 0 Å². The molecule has 3 saturated carbocycles. The van der Waals surface area contributed by atoms with Crippen LogP contribution < -0.4 is 5.43 Å². The quantitative estimate of drug-likeness (QED) is 0.202. The van der Waals surface area contributed by atoms with Crippen molar-refractivity contribution < 1.29 is 49.8 Å². The third-order valence-corrected chi connectivity index (χ3v) is 11.7. The molecule has 0 aliphatic heterocycles. The van der Waals surface area contributed by atoms with E-state index in [-0.39, 0.29) is 68.7 Å². The van der Waals surface area contributed by atoms with Gasteiger partial charge in [0.15, 0.2) is 28.5 Å². The maximum atomic E-state index is 12.4. The van der Waals surface area contributed by atoms with Crippen molar-refractivity contribution in [3.8, 4) is 34.3 Å². The van der Waals surface area contributed by atoms with Crippen molar-refractivity contribution >= 4 is 22.5 Å². The zero-order valence-corrected chi connectivity index (χ0v) is 26.3. The minimum absolute atomic E-state index is 0.0163. The number of hydrogen-bond acceptors (Lipinski definition) is 11. The monoisotopic (exact) mass is 648 g/mol. The summed E-state index contributed by atoms with van der Waals surface area (Å²) in [6, 6.07) is 7.37. The van der Waals surface area contributed by atoms with Crippen LogP contribution in [0.1, 0.15) is 58.8 Å². The highest BCUT2D eigenvalue weighted by Gasteiger charge is 2.68. The molecule has 4 aliphatic rings. The lowest BCUT2D eigenvalue weighted by atomic mass is 9.45. The second-order valence-electron chi connectivity index (χ2n) is 14.1. The maximum absolute atomic E-state index is 12.4.